The second-order valence-electron chi connectivity index (χ2n) is 9.93. The van der Waals surface area contributed by atoms with E-state index in [-0.39, 0.29) is 26.8 Å². The third-order valence-electron chi connectivity index (χ3n) is 6.68. The van der Waals surface area contributed by atoms with Gasteiger partial charge in [0.1, 0.15) is 32.7 Å². The van der Waals surface area contributed by atoms with Gasteiger partial charge in [-0.2, -0.15) is 25.3 Å². The monoisotopic (exact) mass is 803 g/mol. The average Bonchev–Trinajstić information content (AvgIpc) is 3.05. The Morgan fingerprint density at radius 2 is 1.35 bits per heavy atom. The summed E-state index contributed by atoms with van der Waals surface area (Å²) in [6.45, 7) is 1.86. The van der Waals surface area contributed by atoms with Gasteiger partial charge in [0.25, 0.3) is 30.4 Å². The lowest BCUT2D eigenvalue weighted by atomic mass is 10.1. The van der Waals surface area contributed by atoms with E-state index in [0.29, 0.717) is 16.9 Å². The second kappa shape index (κ2) is 15.4. The first kappa shape index (κ1) is 39.3. The van der Waals surface area contributed by atoms with Crippen molar-refractivity contribution >= 4 is 93.0 Å². The Bertz CT molecular complexity index is 2510. The normalized spacial score (nSPS) is 12.3. The molecule has 0 amide bonds. The van der Waals surface area contributed by atoms with E-state index in [2.05, 4.69) is 19.6 Å². The van der Waals surface area contributed by atoms with Crippen LogP contribution in [-0.4, -0.2) is 49.3 Å². The number of aromatic hydroxyl groups is 1. The lowest BCUT2D eigenvalue weighted by Crippen LogP contribution is -2.03. The molecule has 270 valence electrons. The lowest BCUT2D eigenvalue weighted by Gasteiger charge is -2.14. The molecule has 51 heavy (non-hydrogen) atoms. The number of aryl methyl sites for hydroxylation is 1. The fourth-order valence-corrected chi connectivity index (χ4v) is 7.63. The number of fused-ring (bicyclic) bond motifs is 2. The van der Waals surface area contributed by atoms with E-state index in [0.717, 1.165) is 54.0 Å². The van der Waals surface area contributed by atoms with Crippen LogP contribution < -0.4 is 9.92 Å². The Morgan fingerprint density at radius 1 is 0.706 bits per heavy atom. The molecule has 5 aromatic carbocycles. The van der Waals surface area contributed by atoms with Crippen molar-refractivity contribution in [3.63, 3.8) is 0 Å². The van der Waals surface area contributed by atoms with Crippen molar-refractivity contribution < 1.29 is 62.8 Å². The number of hydrogen-bond donors (Lipinski definition) is 6. The molecule has 7 N–H and O–H groups in total. The number of benzene rings is 5. The summed E-state index contributed by atoms with van der Waals surface area (Å²) >= 11 is 1.15. The number of hydrogen-bond acceptors (Lipinski definition) is 18. The Kier molecular flexibility index (Phi) is 11.9. The van der Waals surface area contributed by atoms with Gasteiger partial charge in [-0.15, -0.1) is 14.6 Å². The zero-order chi connectivity index (χ0) is 37.9. The van der Waals surface area contributed by atoms with Crippen molar-refractivity contribution in [2.24, 2.45) is 10.2 Å². The first-order valence-corrected chi connectivity index (χ1v) is 19.0. The Balaban J connectivity index is 0.00000286. The van der Waals surface area contributed by atoms with Crippen LogP contribution in [0.3, 0.4) is 0 Å². The molecular weight excluding hydrogens is 783 g/mol. The predicted octanol–water partition coefficient (Wildman–Crippen LogP) is 6.33. The van der Waals surface area contributed by atoms with Gasteiger partial charge in [0, 0.05) is 41.9 Å². The summed E-state index contributed by atoms with van der Waals surface area (Å²) in [4.78, 5) is 12.0. The molecule has 24 heteroatoms. The number of phenols is 1. The number of nitrogen functional groups attached to an aromatic ring is 1. The van der Waals surface area contributed by atoms with Crippen LogP contribution in [0.5, 0.6) is 11.5 Å². The quantitative estimate of drug-likeness (QED) is 0.0212. The van der Waals surface area contributed by atoms with Crippen LogP contribution in [0.2, 0.25) is 0 Å². The van der Waals surface area contributed by atoms with Gasteiger partial charge in [-0.1, -0.05) is 22.7 Å². The van der Waals surface area contributed by atoms with E-state index in [9.17, 15) is 44.0 Å². The van der Waals surface area contributed by atoms with Crippen LogP contribution in [0.1, 0.15) is 5.56 Å². The van der Waals surface area contributed by atoms with Gasteiger partial charge < -0.3 is 15.0 Å². The Labute approximate surface area is 295 Å². The zero-order valence-electron chi connectivity index (χ0n) is 25.1. The highest BCUT2D eigenvalue weighted by Crippen LogP contribution is 2.45. The molecule has 0 aliphatic rings. The third kappa shape index (κ3) is 8.89. The minimum absolute atomic E-state index is 0.00318. The highest BCUT2D eigenvalue weighted by Gasteiger charge is 2.26. The molecule has 5 aromatic rings. The van der Waals surface area contributed by atoms with E-state index >= 15 is 0 Å². The van der Waals surface area contributed by atoms with Crippen molar-refractivity contribution in [1.29, 1.82) is 0 Å². The van der Waals surface area contributed by atoms with Crippen LogP contribution in [-0.2, 0) is 39.7 Å². The first-order valence-electron chi connectivity index (χ1n) is 13.2. The van der Waals surface area contributed by atoms with E-state index in [4.69, 9.17) is 25.1 Å². The summed E-state index contributed by atoms with van der Waals surface area (Å²) in [6.07, 6.45) is 0. The number of nitrogens with two attached hydrogens (primary N) is 1. The van der Waals surface area contributed by atoms with Gasteiger partial charge in [-0.3, -0.25) is 13.7 Å². The molecule has 5 rings (SSSR count). The fraction of sp³-hybridized carbons (Fsp3) is 0.0370. The molecule has 0 aliphatic carbocycles. The average molecular weight is 804 g/mol. The largest absolute Gasteiger partial charge is 0.507 e. The van der Waals surface area contributed by atoms with Gasteiger partial charge in [-0.25, -0.2) is 5.26 Å². The van der Waals surface area contributed by atoms with E-state index in [1.54, 1.807) is 24.3 Å². The zero-order valence-corrected chi connectivity index (χ0v) is 29.2. The van der Waals surface area contributed by atoms with Gasteiger partial charge in [-0.05, 0) is 55.5 Å². The van der Waals surface area contributed by atoms with Crippen molar-refractivity contribution in [2.45, 2.75) is 31.4 Å². The fourth-order valence-electron chi connectivity index (χ4n) is 4.58. The molecule has 0 spiro atoms. The second-order valence-corrected chi connectivity index (χ2v) is 15.7. The highest BCUT2D eigenvalue weighted by molar-refractivity contribution is 7.95. The predicted molar refractivity (Wildman–Crippen MR) is 183 cm³/mol. The molecule has 0 aromatic heterocycles. The van der Waals surface area contributed by atoms with E-state index in [1.165, 1.54) is 6.07 Å². The smallest absolute Gasteiger partial charge is 0.297 e. The van der Waals surface area contributed by atoms with Crippen molar-refractivity contribution in [3.05, 3.63) is 82.2 Å². The van der Waals surface area contributed by atoms with Gasteiger partial charge in [0.05, 0.1) is 40.1 Å². The van der Waals surface area contributed by atoms with Crippen LogP contribution in [0, 0.1) is 16.9 Å². The molecule has 0 heterocycles. The molecular formula is C27H21N3O16S5. The summed E-state index contributed by atoms with van der Waals surface area (Å²) in [5, 5.41) is 29.0. The number of phenolic OH excluding ortho intramolecular Hbond substituents is 1. The highest BCUT2D eigenvalue weighted by atomic mass is 32.2. The number of anilines is 1. The summed E-state index contributed by atoms with van der Waals surface area (Å²) in [5.74, 6) is -0.858. The molecule has 19 nitrogen and oxygen atoms in total. The Hall–Kier alpha value is -4.47. The maximum absolute atomic E-state index is 12.7. The standard InChI is InChI=1S/C27H21N3O14S5.O2/c1-13-2-4-14(5-3-13)45-42-23-11-16(47(33,34)35)10-18-17(23)6-7-20(27(18)49(39,40)41)29-30-21-12-24(48(36,37)38)19-8-15(46-44-43-32)9-22(31)25(19)26(21)28;1-2/h2-12,31-32H,28H2,1H3,(H,33,34,35)(H,36,37,38)(H,39,40,41);. The molecule has 0 fully saturated rings. The van der Waals surface area contributed by atoms with Crippen LogP contribution in [0.4, 0.5) is 17.1 Å². The van der Waals surface area contributed by atoms with Crippen molar-refractivity contribution in [1.82, 2.24) is 0 Å². The van der Waals surface area contributed by atoms with Crippen molar-refractivity contribution in [3.8, 4) is 11.5 Å². The SMILES string of the molecule is Cc1ccc(SOc2cc(S(=O)(=O)O)cc3c(S(=O)(=O)O)c(N=Nc4cc(S(=O)(=O)O)c5cc(SOOO)cc(O)c5c4N)ccc23)cc1.O=O. The number of rotatable bonds is 11. The maximum Gasteiger partial charge on any atom is 0.297 e. The lowest BCUT2D eigenvalue weighted by molar-refractivity contribution is -0.432. The van der Waals surface area contributed by atoms with Crippen LogP contribution >= 0.6 is 24.1 Å². The number of azo groups is 1. The minimum Gasteiger partial charge on any atom is -0.507 e. The summed E-state index contributed by atoms with van der Waals surface area (Å²) in [6, 6.07) is 13.9. The molecule has 0 atom stereocenters. The summed E-state index contributed by atoms with van der Waals surface area (Å²) < 4.78 is 114. The summed E-state index contributed by atoms with van der Waals surface area (Å²) in [5.41, 5.74) is 5.61. The molecule has 0 bridgehead atoms. The topological polar surface area (TPSA) is 316 Å². The minimum atomic E-state index is -5.25. The maximum atomic E-state index is 12.7. The molecule has 0 radical (unpaired) electrons. The van der Waals surface area contributed by atoms with E-state index in [1.807, 2.05) is 6.92 Å². The Morgan fingerprint density at radius 3 is 1.94 bits per heavy atom. The molecule has 0 unspecified atom stereocenters. The molecule has 0 aliphatic heterocycles. The molecule has 0 saturated heterocycles. The van der Waals surface area contributed by atoms with Gasteiger partial charge in [0.15, 0.2) is 0 Å². The number of nitrogens with zero attached hydrogens (tertiary/aromatic N) is 2. The third-order valence-corrected chi connectivity index (χ3v) is 10.6. The van der Waals surface area contributed by atoms with Crippen molar-refractivity contribution in [2.75, 3.05) is 5.73 Å². The molecule has 0 saturated carbocycles. The summed E-state index contributed by atoms with van der Waals surface area (Å²) in [7, 11) is -15.3. The van der Waals surface area contributed by atoms with Crippen LogP contribution in [0.15, 0.2) is 101 Å². The first-order chi connectivity index (χ1) is 23.9. The van der Waals surface area contributed by atoms with Gasteiger partial charge in [0.2, 0.25) is 0 Å². The van der Waals surface area contributed by atoms with Gasteiger partial charge >= 0.3 is 0 Å². The van der Waals surface area contributed by atoms with E-state index < -0.39 is 73.2 Å². The van der Waals surface area contributed by atoms with Crippen LogP contribution in [0.25, 0.3) is 21.5 Å².